The highest BCUT2D eigenvalue weighted by Crippen LogP contribution is 2.23. The van der Waals surface area contributed by atoms with Gasteiger partial charge < -0.3 is 9.42 Å². The van der Waals surface area contributed by atoms with Gasteiger partial charge in [-0.1, -0.05) is 17.3 Å². The number of piperidine rings is 1. The molecule has 0 saturated carbocycles. The second kappa shape index (κ2) is 7.65. The molecule has 1 aliphatic heterocycles. The van der Waals surface area contributed by atoms with E-state index in [2.05, 4.69) is 20.2 Å². The SMILES string of the molecule is O=C(Cn1cncn1)N1CCCC(Cc2nc(-c3ccccc3F)no2)C1. The number of nitrogens with zero attached hydrogens (tertiary/aromatic N) is 6. The van der Waals surface area contributed by atoms with Gasteiger partial charge in [0.2, 0.25) is 17.6 Å². The van der Waals surface area contributed by atoms with Crippen molar-refractivity contribution < 1.29 is 13.7 Å². The molecule has 0 aliphatic carbocycles. The number of carbonyl (C=O) groups excluding carboxylic acids is 1. The number of halogens is 1. The van der Waals surface area contributed by atoms with Crippen LogP contribution in [-0.4, -0.2) is 48.8 Å². The fraction of sp³-hybridized carbons (Fsp3) is 0.389. The van der Waals surface area contributed by atoms with E-state index in [9.17, 15) is 9.18 Å². The van der Waals surface area contributed by atoms with Crippen LogP contribution < -0.4 is 0 Å². The monoisotopic (exact) mass is 370 g/mol. The predicted octanol–water partition coefficient (Wildman–Crippen LogP) is 1.95. The van der Waals surface area contributed by atoms with Gasteiger partial charge in [0.25, 0.3) is 0 Å². The topological polar surface area (TPSA) is 89.9 Å². The van der Waals surface area contributed by atoms with Gasteiger partial charge in [-0.05, 0) is 30.9 Å². The first-order valence-electron chi connectivity index (χ1n) is 8.86. The Kier molecular flexibility index (Phi) is 4.91. The van der Waals surface area contributed by atoms with Crippen LogP contribution in [0.25, 0.3) is 11.4 Å². The van der Waals surface area contributed by atoms with Crippen molar-refractivity contribution in [3.63, 3.8) is 0 Å². The third-order valence-electron chi connectivity index (χ3n) is 4.68. The average molecular weight is 370 g/mol. The van der Waals surface area contributed by atoms with Gasteiger partial charge in [-0.25, -0.2) is 14.1 Å². The minimum Gasteiger partial charge on any atom is -0.341 e. The van der Waals surface area contributed by atoms with Gasteiger partial charge in [-0.15, -0.1) is 0 Å². The Morgan fingerprint density at radius 2 is 2.22 bits per heavy atom. The zero-order valence-electron chi connectivity index (χ0n) is 14.7. The van der Waals surface area contributed by atoms with E-state index in [1.807, 2.05) is 4.90 Å². The number of benzene rings is 1. The molecule has 4 rings (SSSR count). The average Bonchev–Trinajstić information content (AvgIpc) is 3.34. The summed E-state index contributed by atoms with van der Waals surface area (Å²) in [5.74, 6) is 0.574. The molecule has 2 aromatic heterocycles. The van der Waals surface area contributed by atoms with Crippen molar-refractivity contribution in [2.24, 2.45) is 5.92 Å². The zero-order chi connectivity index (χ0) is 18.6. The molecule has 0 N–H and O–H groups in total. The molecular weight excluding hydrogens is 351 g/mol. The lowest BCUT2D eigenvalue weighted by Crippen LogP contribution is -2.42. The molecule has 3 heterocycles. The Balaban J connectivity index is 1.38. The van der Waals surface area contributed by atoms with Gasteiger partial charge in [0, 0.05) is 19.5 Å². The first-order valence-corrected chi connectivity index (χ1v) is 8.86. The molecule has 0 spiro atoms. The van der Waals surface area contributed by atoms with E-state index in [0.29, 0.717) is 24.4 Å². The molecule has 1 amide bonds. The maximum Gasteiger partial charge on any atom is 0.244 e. The molecule has 0 bridgehead atoms. The van der Waals surface area contributed by atoms with E-state index in [0.717, 1.165) is 19.4 Å². The summed E-state index contributed by atoms with van der Waals surface area (Å²) in [6.45, 7) is 1.55. The van der Waals surface area contributed by atoms with Crippen molar-refractivity contribution in [2.45, 2.75) is 25.8 Å². The molecule has 3 aromatic rings. The normalized spacial score (nSPS) is 17.2. The summed E-state index contributed by atoms with van der Waals surface area (Å²) in [6, 6.07) is 6.33. The molecule has 1 unspecified atom stereocenters. The fourth-order valence-corrected chi connectivity index (χ4v) is 3.35. The summed E-state index contributed by atoms with van der Waals surface area (Å²) < 4.78 is 20.7. The van der Waals surface area contributed by atoms with E-state index in [1.54, 1.807) is 18.2 Å². The van der Waals surface area contributed by atoms with Crippen LogP contribution in [-0.2, 0) is 17.8 Å². The Labute approximate surface area is 155 Å². The molecule has 1 aromatic carbocycles. The van der Waals surface area contributed by atoms with Crippen molar-refractivity contribution in [1.82, 2.24) is 29.8 Å². The lowest BCUT2D eigenvalue weighted by atomic mass is 9.94. The molecule has 1 atom stereocenters. The lowest BCUT2D eigenvalue weighted by molar-refractivity contribution is -0.133. The van der Waals surface area contributed by atoms with Crippen LogP contribution in [0.3, 0.4) is 0 Å². The highest BCUT2D eigenvalue weighted by molar-refractivity contribution is 5.76. The van der Waals surface area contributed by atoms with Crippen LogP contribution >= 0.6 is 0 Å². The Bertz CT molecular complexity index is 910. The zero-order valence-corrected chi connectivity index (χ0v) is 14.7. The Morgan fingerprint density at radius 3 is 3.04 bits per heavy atom. The van der Waals surface area contributed by atoms with Crippen molar-refractivity contribution in [1.29, 1.82) is 0 Å². The number of amides is 1. The van der Waals surface area contributed by atoms with E-state index in [4.69, 9.17) is 4.52 Å². The maximum atomic E-state index is 13.9. The van der Waals surface area contributed by atoms with Crippen molar-refractivity contribution in [3.05, 3.63) is 48.6 Å². The van der Waals surface area contributed by atoms with Crippen LogP contribution in [0.5, 0.6) is 0 Å². The van der Waals surface area contributed by atoms with Crippen LogP contribution in [0, 0.1) is 11.7 Å². The lowest BCUT2D eigenvalue weighted by Gasteiger charge is -2.32. The summed E-state index contributed by atoms with van der Waals surface area (Å²) in [5.41, 5.74) is 0.320. The molecule has 1 saturated heterocycles. The summed E-state index contributed by atoms with van der Waals surface area (Å²) in [7, 11) is 0. The van der Waals surface area contributed by atoms with Gasteiger partial charge >= 0.3 is 0 Å². The van der Waals surface area contributed by atoms with Crippen LogP contribution in [0.4, 0.5) is 4.39 Å². The van der Waals surface area contributed by atoms with E-state index in [-0.39, 0.29) is 30.0 Å². The van der Waals surface area contributed by atoms with Crippen LogP contribution in [0.15, 0.2) is 41.4 Å². The van der Waals surface area contributed by atoms with Crippen molar-refractivity contribution >= 4 is 5.91 Å². The first-order chi connectivity index (χ1) is 13.2. The summed E-state index contributed by atoms with van der Waals surface area (Å²) in [4.78, 5) is 22.4. The Morgan fingerprint density at radius 1 is 1.33 bits per heavy atom. The van der Waals surface area contributed by atoms with Crippen LogP contribution in [0.2, 0.25) is 0 Å². The van der Waals surface area contributed by atoms with E-state index in [1.165, 1.54) is 23.4 Å². The highest BCUT2D eigenvalue weighted by Gasteiger charge is 2.26. The number of carbonyl (C=O) groups is 1. The van der Waals surface area contributed by atoms with Gasteiger partial charge in [0.1, 0.15) is 25.0 Å². The molecule has 140 valence electrons. The van der Waals surface area contributed by atoms with Gasteiger partial charge in [0.15, 0.2) is 0 Å². The number of hydrogen-bond donors (Lipinski definition) is 0. The van der Waals surface area contributed by atoms with Crippen molar-refractivity contribution in [2.75, 3.05) is 13.1 Å². The summed E-state index contributed by atoms with van der Waals surface area (Å²) in [5, 5.41) is 7.86. The third kappa shape index (κ3) is 4.02. The number of rotatable bonds is 5. The van der Waals surface area contributed by atoms with Gasteiger partial charge in [-0.3, -0.25) is 4.79 Å². The second-order valence-electron chi connectivity index (χ2n) is 6.64. The largest absolute Gasteiger partial charge is 0.341 e. The van der Waals surface area contributed by atoms with Crippen molar-refractivity contribution in [3.8, 4) is 11.4 Å². The summed E-state index contributed by atoms with van der Waals surface area (Å²) >= 11 is 0. The second-order valence-corrected chi connectivity index (χ2v) is 6.64. The quantitative estimate of drug-likeness (QED) is 0.682. The predicted molar refractivity (Wildman–Crippen MR) is 92.7 cm³/mol. The number of hydrogen-bond acceptors (Lipinski definition) is 6. The standard InChI is InChI=1S/C18H19FN6O2/c19-15-6-2-1-5-14(15)18-22-16(27-23-18)8-13-4-3-7-24(9-13)17(26)10-25-12-20-11-21-25/h1-2,5-6,11-13H,3-4,7-10H2. The molecule has 27 heavy (non-hydrogen) atoms. The maximum absolute atomic E-state index is 13.9. The number of aromatic nitrogens is 5. The van der Waals surface area contributed by atoms with Gasteiger partial charge in [0.05, 0.1) is 5.56 Å². The number of likely N-dealkylation sites (tertiary alicyclic amines) is 1. The fourth-order valence-electron chi connectivity index (χ4n) is 3.35. The third-order valence-corrected chi connectivity index (χ3v) is 4.68. The van der Waals surface area contributed by atoms with Crippen LogP contribution in [0.1, 0.15) is 18.7 Å². The molecule has 8 nitrogen and oxygen atoms in total. The Hall–Kier alpha value is -3.10. The van der Waals surface area contributed by atoms with Gasteiger partial charge in [-0.2, -0.15) is 10.1 Å². The smallest absolute Gasteiger partial charge is 0.244 e. The molecule has 1 aliphatic rings. The van der Waals surface area contributed by atoms with E-state index < -0.39 is 0 Å². The molecule has 0 radical (unpaired) electrons. The van der Waals surface area contributed by atoms with E-state index >= 15 is 0 Å². The minimum atomic E-state index is -0.382. The molecular formula is C18H19FN6O2. The molecule has 9 heteroatoms. The molecule has 1 fully saturated rings. The first kappa shape index (κ1) is 17.3. The highest BCUT2D eigenvalue weighted by atomic mass is 19.1. The minimum absolute atomic E-state index is 0.0165. The summed E-state index contributed by atoms with van der Waals surface area (Å²) in [6.07, 6.45) is 5.40.